The summed E-state index contributed by atoms with van der Waals surface area (Å²) in [5.74, 6) is 1.23. The lowest BCUT2D eigenvalue weighted by Crippen LogP contribution is -2.01. The molecule has 6 heteroatoms. The summed E-state index contributed by atoms with van der Waals surface area (Å²) in [6, 6.07) is 1.84. The summed E-state index contributed by atoms with van der Waals surface area (Å²) < 4.78 is 1.70. The summed E-state index contributed by atoms with van der Waals surface area (Å²) in [7, 11) is 1.85. The molecule has 0 saturated carbocycles. The first-order chi connectivity index (χ1) is 7.56. The van der Waals surface area contributed by atoms with E-state index in [1.807, 2.05) is 33.2 Å². The van der Waals surface area contributed by atoms with Gasteiger partial charge in [0.25, 0.3) is 0 Å². The molecule has 0 amide bonds. The molecule has 2 rings (SSSR count). The van der Waals surface area contributed by atoms with E-state index in [4.69, 9.17) is 11.6 Å². The van der Waals surface area contributed by atoms with Crippen molar-refractivity contribution < 1.29 is 0 Å². The largest absolute Gasteiger partial charge is 0.321 e. The molecule has 2 heterocycles. The number of halogens is 1. The highest BCUT2D eigenvalue weighted by atomic mass is 35.5. The van der Waals surface area contributed by atoms with Gasteiger partial charge in [-0.3, -0.25) is 4.68 Å². The molecule has 2 aromatic rings. The van der Waals surface area contributed by atoms with Crippen molar-refractivity contribution in [2.45, 2.75) is 13.8 Å². The van der Waals surface area contributed by atoms with Gasteiger partial charge in [-0.25, -0.2) is 9.97 Å². The molecule has 0 bridgehead atoms. The maximum Gasteiger partial charge on any atom is 0.172 e. The van der Waals surface area contributed by atoms with Crippen LogP contribution in [0.25, 0.3) is 0 Å². The number of nitrogens with zero attached hydrogens (tertiary/aromatic N) is 4. The fourth-order valence-corrected chi connectivity index (χ4v) is 1.47. The lowest BCUT2D eigenvalue weighted by molar-refractivity contribution is 0.771. The first-order valence-corrected chi connectivity index (χ1v) is 5.21. The Hall–Kier alpha value is -1.62. The van der Waals surface area contributed by atoms with Crippen LogP contribution in [0.2, 0.25) is 5.15 Å². The number of hydrogen-bond donors (Lipinski definition) is 1. The first-order valence-electron chi connectivity index (χ1n) is 4.83. The summed E-state index contributed by atoms with van der Waals surface area (Å²) in [6.45, 7) is 3.76. The van der Waals surface area contributed by atoms with Gasteiger partial charge in [0, 0.05) is 19.3 Å². The maximum atomic E-state index is 5.99. The second-order valence-corrected chi connectivity index (χ2v) is 3.89. The summed E-state index contributed by atoms with van der Waals surface area (Å²) in [6.07, 6.45) is 1.84. The second kappa shape index (κ2) is 4.09. The van der Waals surface area contributed by atoms with Crippen molar-refractivity contribution in [2.75, 3.05) is 5.32 Å². The molecule has 0 spiro atoms. The Bertz CT molecular complexity index is 520. The van der Waals surface area contributed by atoms with E-state index in [1.54, 1.807) is 4.68 Å². The molecule has 0 aliphatic carbocycles. The number of nitrogens with one attached hydrogen (secondary N) is 1. The molecule has 0 unspecified atom stereocenters. The molecule has 16 heavy (non-hydrogen) atoms. The van der Waals surface area contributed by atoms with Gasteiger partial charge in [0.1, 0.15) is 0 Å². The van der Waals surface area contributed by atoms with Crippen LogP contribution in [0.3, 0.4) is 0 Å². The third-order valence-electron chi connectivity index (χ3n) is 2.22. The lowest BCUT2D eigenvalue weighted by Gasteiger charge is -2.06. The van der Waals surface area contributed by atoms with E-state index in [2.05, 4.69) is 20.4 Å². The van der Waals surface area contributed by atoms with Gasteiger partial charge >= 0.3 is 0 Å². The van der Waals surface area contributed by atoms with Crippen molar-refractivity contribution >= 4 is 23.2 Å². The van der Waals surface area contributed by atoms with Crippen molar-refractivity contribution in [3.8, 4) is 0 Å². The second-order valence-electron chi connectivity index (χ2n) is 3.53. The predicted octanol–water partition coefficient (Wildman–Crippen LogP) is 2.22. The van der Waals surface area contributed by atoms with Crippen LogP contribution >= 0.6 is 11.6 Å². The van der Waals surface area contributed by atoms with Gasteiger partial charge < -0.3 is 5.32 Å². The van der Waals surface area contributed by atoms with Crippen LogP contribution in [0, 0.1) is 13.8 Å². The monoisotopic (exact) mass is 237 g/mol. The van der Waals surface area contributed by atoms with E-state index in [9.17, 15) is 0 Å². The van der Waals surface area contributed by atoms with Crippen molar-refractivity contribution in [2.24, 2.45) is 7.05 Å². The van der Waals surface area contributed by atoms with Crippen LogP contribution in [0.4, 0.5) is 11.6 Å². The SMILES string of the molecule is Cc1nc(Cl)c(Nc2ccn(C)n2)nc1C. The topological polar surface area (TPSA) is 55.6 Å². The van der Waals surface area contributed by atoms with Crippen molar-refractivity contribution in [1.29, 1.82) is 0 Å². The fraction of sp³-hybridized carbons (Fsp3) is 0.300. The molecular formula is C10H12ClN5. The van der Waals surface area contributed by atoms with Crippen molar-refractivity contribution in [3.05, 3.63) is 28.8 Å². The van der Waals surface area contributed by atoms with E-state index in [0.717, 1.165) is 11.4 Å². The highest BCUT2D eigenvalue weighted by Crippen LogP contribution is 2.21. The Kier molecular flexibility index (Phi) is 2.78. The first kappa shape index (κ1) is 10.9. The predicted molar refractivity (Wildman–Crippen MR) is 63.0 cm³/mol. The summed E-state index contributed by atoms with van der Waals surface area (Å²) >= 11 is 5.99. The molecule has 0 saturated heterocycles. The van der Waals surface area contributed by atoms with Crippen LogP contribution in [0.1, 0.15) is 11.4 Å². The molecule has 2 aromatic heterocycles. The fourth-order valence-electron chi connectivity index (χ4n) is 1.26. The molecule has 1 N–H and O–H groups in total. The zero-order chi connectivity index (χ0) is 11.7. The van der Waals surface area contributed by atoms with Gasteiger partial charge in [0.05, 0.1) is 11.4 Å². The van der Waals surface area contributed by atoms with Crippen LogP contribution < -0.4 is 5.32 Å². The third kappa shape index (κ3) is 2.14. The van der Waals surface area contributed by atoms with Gasteiger partial charge in [0.2, 0.25) is 0 Å². The van der Waals surface area contributed by atoms with Gasteiger partial charge in [-0.15, -0.1) is 0 Å². The highest BCUT2D eigenvalue weighted by molar-refractivity contribution is 6.31. The normalized spacial score (nSPS) is 10.5. The maximum absolute atomic E-state index is 5.99. The van der Waals surface area contributed by atoms with Gasteiger partial charge in [-0.1, -0.05) is 11.6 Å². The zero-order valence-electron chi connectivity index (χ0n) is 9.32. The molecule has 84 valence electrons. The van der Waals surface area contributed by atoms with Gasteiger partial charge in [-0.05, 0) is 13.8 Å². The zero-order valence-corrected chi connectivity index (χ0v) is 10.1. The minimum absolute atomic E-state index is 0.355. The number of anilines is 2. The molecule has 0 fully saturated rings. The molecule has 0 atom stereocenters. The van der Waals surface area contributed by atoms with Crippen LogP contribution in [0.5, 0.6) is 0 Å². The molecule has 0 radical (unpaired) electrons. The molecule has 5 nitrogen and oxygen atoms in total. The van der Waals surface area contributed by atoms with Crippen molar-refractivity contribution in [3.63, 3.8) is 0 Å². The lowest BCUT2D eigenvalue weighted by atomic mass is 10.3. The minimum atomic E-state index is 0.355. The standard InChI is InChI=1S/C10H12ClN5/c1-6-7(2)13-10(9(11)12-6)14-8-4-5-16(3)15-8/h4-5H,1-3H3,(H,13,14,15). The van der Waals surface area contributed by atoms with E-state index in [1.165, 1.54) is 0 Å². The van der Waals surface area contributed by atoms with Gasteiger partial charge in [0.15, 0.2) is 16.8 Å². The van der Waals surface area contributed by atoms with Crippen LogP contribution in [-0.2, 0) is 7.05 Å². The number of rotatable bonds is 2. The summed E-state index contributed by atoms with van der Waals surface area (Å²) in [5, 5.41) is 7.56. The average molecular weight is 238 g/mol. The number of hydrogen-bond acceptors (Lipinski definition) is 4. The number of aryl methyl sites for hydroxylation is 3. The van der Waals surface area contributed by atoms with E-state index < -0.39 is 0 Å². The van der Waals surface area contributed by atoms with E-state index in [-0.39, 0.29) is 0 Å². The Morgan fingerprint density at radius 2 is 1.94 bits per heavy atom. The molecular weight excluding hydrogens is 226 g/mol. The third-order valence-corrected chi connectivity index (χ3v) is 2.49. The number of aromatic nitrogens is 4. The Morgan fingerprint density at radius 1 is 1.25 bits per heavy atom. The molecule has 0 aliphatic rings. The minimum Gasteiger partial charge on any atom is -0.321 e. The summed E-state index contributed by atoms with van der Waals surface area (Å²) in [5.41, 5.74) is 1.68. The Balaban J connectivity index is 2.31. The summed E-state index contributed by atoms with van der Waals surface area (Å²) in [4.78, 5) is 8.50. The quantitative estimate of drug-likeness (QED) is 0.870. The van der Waals surface area contributed by atoms with Gasteiger partial charge in [-0.2, -0.15) is 5.10 Å². The van der Waals surface area contributed by atoms with E-state index in [0.29, 0.717) is 16.8 Å². The van der Waals surface area contributed by atoms with Crippen LogP contribution in [0.15, 0.2) is 12.3 Å². The highest BCUT2D eigenvalue weighted by Gasteiger charge is 2.08. The molecule has 0 aliphatic heterocycles. The smallest absolute Gasteiger partial charge is 0.172 e. The Labute approximate surface area is 98.5 Å². The molecule has 0 aromatic carbocycles. The Morgan fingerprint density at radius 3 is 2.56 bits per heavy atom. The van der Waals surface area contributed by atoms with E-state index >= 15 is 0 Å². The van der Waals surface area contributed by atoms with Crippen molar-refractivity contribution in [1.82, 2.24) is 19.7 Å². The van der Waals surface area contributed by atoms with Crippen LogP contribution in [-0.4, -0.2) is 19.7 Å². The average Bonchev–Trinajstić information content (AvgIpc) is 2.60.